The lowest BCUT2D eigenvalue weighted by atomic mass is 10.0. The Balaban J connectivity index is 5.16. The van der Waals surface area contributed by atoms with E-state index in [1.807, 2.05) is 0 Å². The zero-order valence-corrected chi connectivity index (χ0v) is 56.7. The number of hydrogen-bond donors (Lipinski definition) is 3. The van der Waals surface area contributed by atoms with Gasteiger partial charge < -0.3 is 33.8 Å². The van der Waals surface area contributed by atoms with Crippen molar-refractivity contribution >= 4 is 39.5 Å². The molecule has 0 aliphatic rings. The lowest BCUT2D eigenvalue weighted by molar-refractivity contribution is -0.161. The molecule has 0 amide bonds. The summed E-state index contributed by atoms with van der Waals surface area (Å²) in [5.41, 5.74) is 0. The van der Waals surface area contributed by atoms with Gasteiger partial charge >= 0.3 is 39.5 Å². The van der Waals surface area contributed by atoms with E-state index < -0.39 is 97.5 Å². The van der Waals surface area contributed by atoms with E-state index in [4.69, 9.17) is 37.0 Å². The van der Waals surface area contributed by atoms with Crippen LogP contribution in [0.25, 0.3) is 0 Å². The lowest BCUT2D eigenvalue weighted by Gasteiger charge is -2.21. The lowest BCUT2D eigenvalue weighted by Crippen LogP contribution is -2.30. The number of ether oxygens (including phenoxy) is 4. The van der Waals surface area contributed by atoms with Crippen molar-refractivity contribution in [2.45, 2.75) is 349 Å². The molecule has 0 aromatic carbocycles. The molecule has 0 aromatic rings. The molecule has 0 bridgehead atoms. The fourth-order valence-corrected chi connectivity index (χ4v) is 11.5. The Labute approximate surface area is 517 Å². The molecule has 17 nitrogen and oxygen atoms in total. The summed E-state index contributed by atoms with van der Waals surface area (Å²) < 4.78 is 67.9. The highest BCUT2D eigenvalue weighted by molar-refractivity contribution is 7.47. The molecule has 0 aliphatic carbocycles. The SMILES string of the molecule is CCCCCCCCCCC(=O)O[C@H](COC(=O)CCCCCCCCC)COP(=O)(O)OC[C@H](O)COP(=O)(O)OC[C@@H](COC(=O)CCCCCCCCCCCC(C)C)OC(=O)CCCCCCCCCCCCCCCCCC(C)C. The summed E-state index contributed by atoms with van der Waals surface area (Å²) in [4.78, 5) is 72.1. The fraction of sp³-hybridized carbons (Fsp3) is 0.939. The summed E-state index contributed by atoms with van der Waals surface area (Å²) in [6.07, 6.45) is 41.9. The number of esters is 4. The predicted octanol–water partition coefficient (Wildman–Crippen LogP) is 18.4. The number of hydrogen-bond acceptors (Lipinski definition) is 15. The summed E-state index contributed by atoms with van der Waals surface area (Å²) in [6.45, 7) is 9.45. The van der Waals surface area contributed by atoms with Crippen LogP contribution in [-0.2, 0) is 65.4 Å². The summed E-state index contributed by atoms with van der Waals surface area (Å²) in [7, 11) is -9.88. The van der Waals surface area contributed by atoms with Gasteiger partial charge in [-0.15, -0.1) is 0 Å². The maximum absolute atomic E-state index is 13.0. The number of carbonyl (C=O) groups excluding carboxylic acids is 4. The zero-order valence-electron chi connectivity index (χ0n) is 54.9. The van der Waals surface area contributed by atoms with Crippen molar-refractivity contribution in [3.05, 3.63) is 0 Å². The molecule has 19 heteroatoms. The van der Waals surface area contributed by atoms with Gasteiger partial charge in [0.2, 0.25) is 0 Å². The molecule has 0 aromatic heterocycles. The number of unbranched alkanes of at least 4 members (excludes halogenated alkanes) is 35. The first kappa shape index (κ1) is 83.1. The molecule has 2 unspecified atom stereocenters. The first-order chi connectivity index (χ1) is 40.9. The molecule has 5 atom stereocenters. The average Bonchev–Trinajstić information content (AvgIpc) is 3.50. The summed E-state index contributed by atoms with van der Waals surface area (Å²) in [5.74, 6) is -0.591. The van der Waals surface area contributed by atoms with E-state index in [1.54, 1.807) is 0 Å². The van der Waals surface area contributed by atoms with Crippen molar-refractivity contribution in [3.8, 4) is 0 Å². The summed E-state index contributed by atoms with van der Waals surface area (Å²) in [6, 6.07) is 0. The molecule has 0 radical (unpaired) electrons. The van der Waals surface area contributed by atoms with Crippen molar-refractivity contribution in [3.63, 3.8) is 0 Å². The number of phosphoric ester groups is 2. The molecular formula is C66H128O17P2. The Hall–Kier alpha value is -1.94. The minimum atomic E-state index is -4.95. The van der Waals surface area contributed by atoms with Gasteiger partial charge in [-0.05, 0) is 37.5 Å². The maximum Gasteiger partial charge on any atom is 0.472 e. The van der Waals surface area contributed by atoms with E-state index >= 15 is 0 Å². The summed E-state index contributed by atoms with van der Waals surface area (Å²) in [5, 5.41) is 10.5. The molecular weight excluding hydrogens is 1130 g/mol. The number of aliphatic hydroxyl groups is 1. The topological polar surface area (TPSA) is 237 Å². The molecule has 0 saturated carbocycles. The van der Waals surface area contributed by atoms with Crippen molar-refractivity contribution in [1.82, 2.24) is 0 Å². The molecule has 3 N–H and O–H groups in total. The Kier molecular flexibility index (Phi) is 57.1. The molecule has 504 valence electrons. The Bertz CT molecular complexity index is 1670. The van der Waals surface area contributed by atoms with Gasteiger partial charge in [0.25, 0.3) is 0 Å². The van der Waals surface area contributed by atoms with Crippen molar-refractivity contribution in [2.75, 3.05) is 39.6 Å². The van der Waals surface area contributed by atoms with Gasteiger partial charge in [0.15, 0.2) is 12.2 Å². The van der Waals surface area contributed by atoms with Gasteiger partial charge in [-0.1, -0.05) is 279 Å². The van der Waals surface area contributed by atoms with Crippen molar-refractivity contribution in [2.24, 2.45) is 11.8 Å². The van der Waals surface area contributed by atoms with Gasteiger partial charge in [0.05, 0.1) is 26.4 Å². The van der Waals surface area contributed by atoms with Crippen LogP contribution in [0.15, 0.2) is 0 Å². The zero-order chi connectivity index (χ0) is 62.9. The molecule has 0 saturated heterocycles. The molecule has 0 spiro atoms. The molecule has 0 aliphatic heterocycles. The summed E-state index contributed by atoms with van der Waals surface area (Å²) >= 11 is 0. The van der Waals surface area contributed by atoms with Crippen LogP contribution >= 0.6 is 15.6 Å². The highest BCUT2D eigenvalue weighted by atomic mass is 31.2. The first-order valence-corrected chi connectivity index (χ1v) is 37.5. The third-order valence-corrected chi connectivity index (χ3v) is 17.1. The highest BCUT2D eigenvalue weighted by Gasteiger charge is 2.30. The Morgan fingerprint density at radius 3 is 0.800 bits per heavy atom. The van der Waals surface area contributed by atoms with E-state index in [0.29, 0.717) is 25.7 Å². The maximum atomic E-state index is 13.0. The third-order valence-electron chi connectivity index (χ3n) is 15.2. The molecule has 0 rings (SSSR count). The van der Waals surface area contributed by atoms with Gasteiger partial charge in [-0.3, -0.25) is 37.3 Å². The van der Waals surface area contributed by atoms with E-state index in [-0.39, 0.29) is 25.7 Å². The van der Waals surface area contributed by atoms with Crippen LogP contribution in [0.2, 0.25) is 0 Å². The van der Waals surface area contributed by atoms with Crippen LogP contribution in [-0.4, -0.2) is 96.7 Å². The predicted molar refractivity (Wildman–Crippen MR) is 340 cm³/mol. The van der Waals surface area contributed by atoms with E-state index in [9.17, 15) is 43.2 Å². The number of carbonyl (C=O) groups is 4. The van der Waals surface area contributed by atoms with Crippen LogP contribution in [0.5, 0.6) is 0 Å². The Morgan fingerprint density at radius 2 is 0.541 bits per heavy atom. The van der Waals surface area contributed by atoms with Gasteiger partial charge in [0, 0.05) is 25.7 Å². The molecule has 0 heterocycles. The first-order valence-electron chi connectivity index (χ1n) is 34.5. The van der Waals surface area contributed by atoms with Gasteiger partial charge in [-0.2, -0.15) is 0 Å². The largest absolute Gasteiger partial charge is 0.472 e. The van der Waals surface area contributed by atoms with Gasteiger partial charge in [-0.25, -0.2) is 9.13 Å². The van der Waals surface area contributed by atoms with E-state index in [2.05, 4.69) is 41.5 Å². The number of rotatable bonds is 65. The van der Waals surface area contributed by atoms with Crippen LogP contribution in [0.1, 0.15) is 330 Å². The second kappa shape index (κ2) is 58.4. The van der Waals surface area contributed by atoms with Gasteiger partial charge in [0.1, 0.15) is 19.3 Å². The Morgan fingerprint density at radius 1 is 0.318 bits per heavy atom. The second-order valence-corrected chi connectivity index (χ2v) is 27.7. The van der Waals surface area contributed by atoms with Crippen LogP contribution in [0, 0.1) is 11.8 Å². The molecule has 85 heavy (non-hydrogen) atoms. The minimum absolute atomic E-state index is 0.104. The van der Waals surface area contributed by atoms with Crippen LogP contribution in [0.4, 0.5) is 0 Å². The standard InChI is InChI=1S/C66H128O17P2/c1-7-9-11-13-15-31-38-44-50-65(70)82-61(54-76-63(68)48-42-36-28-14-12-10-8-2)56-80-84(72,73)78-52-60(67)53-79-85(74,75)81-57-62(55-77-64(69)49-43-37-32-27-23-25-30-35-41-47-59(5)6)83-66(71)51-45-39-33-26-22-20-18-16-17-19-21-24-29-34-40-46-58(3)4/h58-62,67H,7-57H2,1-6H3,(H,72,73)(H,74,75)/t60-,61+,62+/m0/s1. The quantitative estimate of drug-likeness (QED) is 0.0222. The van der Waals surface area contributed by atoms with Crippen LogP contribution < -0.4 is 0 Å². The normalized spacial score (nSPS) is 14.2. The van der Waals surface area contributed by atoms with E-state index in [0.717, 1.165) is 121 Å². The minimum Gasteiger partial charge on any atom is -0.462 e. The molecule has 0 fully saturated rings. The van der Waals surface area contributed by atoms with Crippen molar-refractivity contribution < 1.29 is 80.2 Å². The second-order valence-electron chi connectivity index (χ2n) is 24.8. The fourth-order valence-electron chi connectivity index (χ4n) is 9.88. The monoisotopic (exact) mass is 1250 g/mol. The van der Waals surface area contributed by atoms with Crippen LogP contribution in [0.3, 0.4) is 0 Å². The van der Waals surface area contributed by atoms with E-state index in [1.165, 1.54) is 128 Å². The highest BCUT2D eigenvalue weighted by Crippen LogP contribution is 2.45. The average molecular weight is 1260 g/mol. The third kappa shape index (κ3) is 60.7. The van der Waals surface area contributed by atoms with Crippen molar-refractivity contribution in [1.29, 1.82) is 0 Å². The smallest absolute Gasteiger partial charge is 0.462 e. The number of phosphoric acid groups is 2. The number of aliphatic hydroxyl groups excluding tert-OH is 1.